The van der Waals surface area contributed by atoms with E-state index >= 15 is 0 Å². The van der Waals surface area contributed by atoms with Gasteiger partial charge < -0.3 is 50.9 Å². The highest BCUT2D eigenvalue weighted by Crippen LogP contribution is 2.44. The molecule has 101 heavy (non-hydrogen) atoms. The maximum atomic E-state index is 13.7. The summed E-state index contributed by atoms with van der Waals surface area (Å²) < 4.78 is 63.1. The number of carbonyl (C=O) groups excluding carboxylic acids is 7. The summed E-state index contributed by atoms with van der Waals surface area (Å²) in [6.45, 7) is 19.0. The van der Waals surface area contributed by atoms with Crippen LogP contribution in [0.25, 0.3) is 0 Å². The molecule has 0 spiro atoms. The summed E-state index contributed by atoms with van der Waals surface area (Å²) in [5, 5.41) is 0. The second-order valence-corrected chi connectivity index (χ2v) is 47.7. The Balaban J connectivity index is 0.813. The van der Waals surface area contributed by atoms with E-state index in [9.17, 15) is 33.6 Å². The van der Waals surface area contributed by atoms with E-state index in [-0.39, 0.29) is 87.3 Å². The third-order valence-electron chi connectivity index (χ3n) is 24.0. The first-order valence-corrected chi connectivity index (χ1v) is 50.6. The lowest BCUT2D eigenvalue weighted by molar-refractivity contribution is -0.159. The molecule has 22 heteroatoms. The molecule has 0 aromatic rings. The molecule has 0 heterocycles. The highest BCUT2D eigenvalue weighted by Gasteiger charge is 2.41. The molecule has 6 saturated carbocycles. The quantitative estimate of drug-likeness (QED) is 0.0239. The number of unbranched alkanes of at least 4 members (excludes halogenated alkanes) is 1. The van der Waals surface area contributed by atoms with Crippen molar-refractivity contribution in [3.63, 3.8) is 0 Å². The highest BCUT2D eigenvalue weighted by molar-refractivity contribution is 7.99. The Kier molecular flexibility index (Phi) is 39.8. The summed E-state index contributed by atoms with van der Waals surface area (Å²) in [6, 6.07) is 2.25. The Hall–Kier alpha value is -3.03. The van der Waals surface area contributed by atoms with Crippen molar-refractivity contribution in [1.82, 2.24) is 0 Å². The lowest BCUT2D eigenvalue weighted by atomic mass is 9.72. The largest absolute Gasteiger partial charge is 0.508 e. The summed E-state index contributed by atoms with van der Waals surface area (Å²) in [7, 11) is -2.97. The van der Waals surface area contributed by atoms with Crippen LogP contribution < -0.4 is 0 Å². The van der Waals surface area contributed by atoms with Crippen molar-refractivity contribution in [2.45, 2.75) is 303 Å². The summed E-state index contributed by atoms with van der Waals surface area (Å²) in [4.78, 5) is 88.4. The van der Waals surface area contributed by atoms with Gasteiger partial charge in [-0.2, -0.15) is 11.8 Å². The molecule has 18 nitrogen and oxygen atoms in total. The topological polar surface area (TPSA) is 221 Å². The molecule has 0 aromatic carbocycles. The number of rotatable bonds is 45. The molecule has 6 rings (SSSR count). The molecule has 0 bridgehead atoms. The number of esters is 6. The van der Waals surface area contributed by atoms with Crippen molar-refractivity contribution in [3.8, 4) is 0 Å². The maximum absolute atomic E-state index is 13.7. The number of hydrogen-bond acceptors (Lipinski definition) is 19. The zero-order valence-electron chi connectivity index (χ0n) is 64.8. The van der Waals surface area contributed by atoms with Crippen LogP contribution in [0.2, 0.25) is 51.4 Å². The van der Waals surface area contributed by atoms with E-state index in [1.54, 1.807) is 0 Å². The van der Waals surface area contributed by atoms with E-state index in [0.29, 0.717) is 106 Å². The van der Waals surface area contributed by atoms with Gasteiger partial charge in [-0.15, -0.1) is 0 Å². The van der Waals surface area contributed by atoms with Crippen molar-refractivity contribution in [1.29, 1.82) is 0 Å². The standard InChI is InChI=1S/C79H140O18SSi3/c1-11-13-46-99(5,6)96-101(9,10)97-100(7,8)47-45-98-44-14-39-89-57-79(12-2,58-94-76(84)55-70-35-23-64(24-36-70)49-61-17-29-67(30-18-61)52-73(81)88-4)59-95-77(85)56-71-37-25-65(26-38-71)50-63-21-33-69(34-22-63)54-75(83)91-41-43-93-78(86)92-42-40-90-74(82)53-68-31-19-62(20-32-68)48-60-15-27-66(28-16-60)51-72(80)87-3/h60-71H,11-59H2,1-10H3. The van der Waals surface area contributed by atoms with Crippen LogP contribution in [-0.4, -0.2) is 146 Å². The van der Waals surface area contributed by atoms with Crippen LogP contribution in [0.4, 0.5) is 4.79 Å². The van der Waals surface area contributed by atoms with E-state index < -0.39 is 36.8 Å². The van der Waals surface area contributed by atoms with Crippen LogP contribution in [0.5, 0.6) is 0 Å². The van der Waals surface area contributed by atoms with Crippen molar-refractivity contribution in [2.75, 3.05) is 78.6 Å². The van der Waals surface area contributed by atoms with Crippen molar-refractivity contribution >= 4 is 78.9 Å². The monoisotopic (exact) mass is 1490 g/mol. The molecule has 582 valence electrons. The third-order valence-corrected chi connectivity index (χ3v) is 36.8. The van der Waals surface area contributed by atoms with Crippen molar-refractivity contribution in [3.05, 3.63) is 0 Å². The van der Waals surface area contributed by atoms with Crippen molar-refractivity contribution in [2.24, 2.45) is 76.4 Å². The van der Waals surface area contributed by atoms with E-state index in [2.05, 4.69) is 53.1 Å². The molecule has 0 aromatic heterocycles. The molecule has 0 radical (unpaired) electrons. The normalized spacial score (nSPS) is 26.7. The predicted octanol–water partition coefficient (Wildman–Crippen LogP) is 18.5. The fourth-order valence-electron chi connectivity index (χ4n) is 17.8. The predicted molar refractivity (Wildman–Crippen MR) is 404 cm³/mol. The molecule has 0 aliphatic heterocycles. The highest BCUT2D eigenvalue weighted by atomic mass is 32.2. The second-order valence-electron chi connectivity index (χ2n) is 34.0. The van der Waals surface area contributed by atoms with E-state index in [1.807, 2.05) is 11.8 Å². The average molecular weight is 1490 g/mol. The van der Waals surface area contributed by atoms with Gasteiger partial charge in [0, 0.05) is 45.1 Å². The Morgan fingerprint density at radius 2 is 0.644 bits per heavy atom. The van der Waals surface area contributed by atoms with Crippen LogP contribution in [0.1, 0.15) is 251 Å². The van der Waals surface area contributed by atoms with Gasteiger partial charge in [-0.3, -0.25) is 28.8 Å². The Morgan fingerprint density at radius 1 is 0.347 bits per heavy atom. The second kappa shape index (κ2) is 46.2. The third kappa shape index (κ3) is 36.0. The fraction of sp³-hybridized carbons (Fsp3) is 0.911. The summed E-state index contributed by atoms with van der Waals surface area (Å²) >= 11 is 1.95. The smallest absolute Gasteiger partial charge is 0.469 e. The number of methoxy groups -OCH3 is 2. The molecule has 1 unspecified atom stereocenters. The van der Waals surface area contributed by atoms with Gasteiger partial charge in [0.05, 0.1) is 26.2 Å². The van der Waals surface area contributed by atoms with Crippen LogP contribution in [-0.2, 0) is 79.6 Å². The van der Waals surface area contributed by atoms with E-state index in [0.717, 1.165) is 164 Å². The summed E-state index contributed by atoms with van der Waals surface area (Å²) in [5.74, 6) is 7.12. The zero-order chi connectivity index (χ0) is 73.1. The van der Waals surface area contributed by atoms with Gasteiger partial charge in [0.15, 0.2) is 16.6 Å². The van der Waals surface area contributed by atoms with E-state index in [4.69, 9.17) is 50.9 Å². The van der Waals surface area contributed by atoms with Gasteiger partial charge in [-0.25, -0.2) is 4.79 Å². The minimum Gasteiger partial charge on any atom is -0.469 e. The maximum Gasteiger partial charge on any atom is 0.508 e. The van der Waals surface area contributed by atoms with Crippen LogP contribution in [0, 0.1) is 76.4 Å². The van der Waals surface area contributed by atoms with Gasteiger partial charge in [0.25, 0.3) is 0 Å². The van der Waals surface area contributed by atoms with Gasteiger partial charge in [0.1, 0.15) is 39.6 Å². The van der Waals surface area contributed by atoms with Gasteiger partial charge in [-0.1, -0.05) is 104 Å². The van der Waals surface area contributed by atoms with Crippen LogP contribution >= 0.6 is 11.8 Å². The lowest BCUT2D eigenvalue weighted by Gasteiger charge is -2.38. The molecule has 6 fully saturated rings. The van der Waals surface area contributed by atoms with Gasteiger partial charge in [-0.05, 0) is 243 Å². The molecule has 6 aliphatic carbocycles. The molecule has 6 aliphatic rings. The fourth-order valence-corrected chi connectivity index (χ4v) is 34.1. The molecule has 0 saturated heterocycles. The Labute approximate surface area is 617 Å². The van der Waals surface area contributed by atoms with Gasteiger partial charge >= 0.3 is 50.5 Å². The first-order chi connectivity index (χ1) is 48.3. The Morgan fingerprint density at radius 3 is 0.960 bits per heavy atom. The molecular formula is C79H140O18SSi3. The number of thioether (sulfide) groups is 1. The first kappa shape index (κ1) is 86.9. The summed E-state index contributed by atoms with van der Waals surface area (Å²) in [6.07, 6.45) is 35.6. The van der Waals surface area contributed by atoms with E-state index in [1.165, 1.54) is 78.1 Å². The lowest BCUT2D eigenvalue weighted by Crippen LogP contribution is -2.52. The van der Waals surface area contributed by atoms with Crippen molar-refractivity contribution < 1.29 is 84.4 Å². The molecule has 0 amide bonds. The number of ether oxygens (including phenoxy) is 9. The SMILES string of the molecule is CCCC[Si](C)(C)O[Si](C)(C)O[Si](C)(C)CCSCCCOCC(CC)(COC(=O)CC1CCC(CC2CCC(CC(=O)OC)CC2)CC1)COC(=O)CC1CCC(CC2CCC(CC(=O)OCCOC(=O)OCCOC(=O)CC3CCC(CC4CCC(CC(=O)OC)CC4)CC3)CC2)CC1. The minimum absolute atomic E-state index is 0.0378. The van der Waals surface area contributed by atoms with Crippen LogP contribution in [0.15, 0.2) is 0 Å². The molecular weight excluding hydrogens is 1350 g/mol. The average Bonchev–Trinajstić information content (AvgIpc) is 0.851. The number of carbonyl (C=O) groups is 7. The molecule has 0 N–H and O–H groups in total. The van der Waals surface area contributed by atoms with Gasteiger partial charge in [0.2, 0.25) is 0 Å². The first-order valence-electron chi connectivity index (χ1n) is 40.4. The zero-order valence-corrected chi connectivity index (χ0v) is 68.6. The van der Waals surface area contributed by atoms with Crippen LogP contribution in [0.3, 0.4) is 0 Å². The Bertz CT molecular complexity index is 2400. The number of hydrogen-bond donors (Lipinski definition) is 0. The summed E-state index contributed by atoms with van der Waals surface area (Å²) in [5.41, 5.74) is -0.642. The molecule has 1 atom stereocenters. The minimum atomic E-state index is -2.23.